The summed E-state index contributed by atoms with van der Waals surface area (Å²) in [5.41, 5.74) is -0.551. The standard InChI is InChI=1S/C20H34N4O3/c1-4-19(2,3)14-7-9-20(10-8-14)17(26)24(18(27)23-20)13-16(25)22-15-6-5-11-21-12-15/h14-15,21H,4-13H2,1-3H3,(H,22,25)(H,23,27)/t14?,15-,20?/m0/s1. The molecule has 0 radical (unpaired) electrons. The van der Waals surface area contributed by atoms with Crippen LogP contribution in [0.4, 0.5) is 4.79 Å². The van der Waals surface area contributed by atoms with Gasteiger partial charge in [0.1, 0.15) is 12.1 Å². The Morgan fingerprint density at radius 1 is 1.26 bits per heavy atom. The van der Waals surface area contributed by atoms with E-state index in [4.69, 9.17) is 0 Å². The summed E-state index contributed by atoms with van der Waals surface area (Å²) in [6.07, 6.45) is 6.24. The van der Waals surface area contributed by atoms with E-state index < -0.39 is 11.6 Å². The predicted molar refractivity (Wildman–Crippen MR) is 103 cm³/mol. The van der Waals surface area contributed by atoms with E-state index >= 15 is 0 Å². The van der Waals surface area contributed by atoms with Gasteiger partial charge in [0.25, 0.3) is 5.91 Å². The predicted octanol–water partition coefficient (Wildman–Crippen LogP) is 1.77. The molecule has 2 aliphatic heterocycles. The molecule has 152 valence electrons. The van der Waals surface area contributed by atoms with Gasteiger partial charge in [-0.3, -0.25) is 14.5 Å². The van der Waals surface area contributed by atoms with Gasteiger partial charge in [-0.15, -0.1) is 0 Å². The Morgan fingerprint density at radius 2 is 1.96 bits per heavy atom. The quantitative estimate of drug-likeness (QED) is 0.636. The average molecular weight is 379 g/mol. The van der Waals surface area contributed by atoms with Gasteiger partial charge in [0.05, 0.1) is 0 Å². The fraction of sp³-hybridized carbons (Fsp3) is 0.850. The third-order valence-corrected chi connectivity index (χ3v) is 7.07. The van der Waals surface area contributed by atoms with Crippen LogP contribution in [0.2, 0.25) is 0 Å². The highest BCUT2D eigenvalue weighted by atomic mass is 16.2. The third kappa shape index (κ3) is 4.13. The number of hydrogen-bond donors (Lipinski definition) is 3. The van der Waals surface area contributed by atoms with E-state index in [1.54, 1.807) is 0 Å². The van der Waals surface area contributed by atoms with Crippen LogP contribution >= 0.6 is 0 Å². The number of nitrogens with one attached hydrogen (secondary N) is 3. The van der Waals surface area contributed by atoms with Crippen LogP contribution < -0.4 is 16.0 Å². The topological polar surface area (TPSA) is 90.5 Å². The van der Waals surface area contributed by atoms with E-state index in [9.17, 15) is 14.4 Å². The molecule has 3 fully saturated rings. The van der Waals surface area contributed by atoms with E-state index in [1.807, 2.05) is 0 Å². The summed E-state index contributed by atoms with van der Waals surface area (Å²) in [6, 6.07) is -0.349. The van der Waals surface area contributed by atoms with Gasteiger partial charge in [0.15, 0.2) is 0 Å². The van der Waals surface area contributed by atoms with Crippen LogP contribution in [-0.4, -0.2) is 54.0 Å². The Morgan fingerprint density at radius 3 is 2.56 bits per heavy atom. The van der Waals surface area contributed by atoms with Crippen molar-refractivity contribution in [3.63, 3.8) is 0 Å². The Hall–Kier alpha value is -1.63. The van der Waals surface area contributed by atoms with Crippen LogP contribution in [0.3, 0.4) is 0 Å². The molecule has 0 unspecified atom stereocenters. The zero-order valence-electron chi connectivity index (χ0n) is 16.9. The van der Waals surface area contributed by atoms with E-state index in [1.165, 1.54) is 0 Å². The average Bonchev–Trinajstić information content (AvgIpc) is 2.87. The molecule has 0 aromatic heterocycles. The van der Waals surface area contributed by atoms with Gasteiger partial charge in [-0.25, -0.2) is 4.79 Å². The second-order valence-electron chi connectivity index (χ2n) is 9.13. The summed E-state index contributed by atoms with van der Waals surface area (Å²) in [7, 11) is 0. The monoisotopic (exact) mass is 378 g/mol. The molecule has 1 saturated carbocycles. The molecule has 4 amide bonds. The molecule has 0 bridgehead atoms. The first-order valence-electron chi connectivity index (χ1n) is 10.4. The fourth-order valence-electron chi connectivity index (χ4n) is 4.73. The number of carbonyl (C=O) groups is 3. The molecule has 27 heavy (non-hydrogen) atoms. The molecular weight excluding hydrogens is 344 g/mol. The van der Waals surface area contributed by atoms with Crippen molar-refractivity contribution in [2.45, 2.75) is 77.3 Å². The zero-order valence-corrected chi connectivity index (χ0v) is 16.9. The summed E-state index contributed by atoms with van der Waals surface area (Å²) < 4.78 is 0. The van der Waals surface area contributed by atoms with Crippen LogP contribution in [0.15, 0.2) is 0 Å². The smallest absolute Gasteiger partial charge is 0.325 e. The van der Waals surface area contributed by atoms with E-state index in [0.717, 1.165) is 50.1 Å². The van der Waals surface area contributed by atoms with Gasteiger partial charge in [-0.05, 0) is 56.4 Å². The van der Waals surface area contributed by atoms with E-state index in [0.29, 0.717) is 18.8 Å². The van der Waals surface area contributed by atoms with Crippen LogP contribution in [0.1, 0.15) is 65.7 Å². The maximum Gasteiger partial charge on any atom is 0.325 e. The van der Waals surface area contributed by atoms with Crippen LogP contribution in [0.25, 0.3) is 0 Å². The largest absolute Gasteiger partial charge is 0.351 e. The Balaban J connectivity index is 1.58. The summed E-state index contributed by atoms with van der Waals surface area (Å²) >= 11 is 0. The number of carbonyl (C=O) groups excluding carboxylic acids is 3. The van der Waals surface area contributed by atoms with E-state index in [2.05, 4.69) is 36.7 Å². The second-order valence-corrected chi connectivity index (χ2v) is 9.13. The molecule has 2 saturated heterocycles. The van der Waals surface area contributed by atoms with Crippen LogP contribution in [0, 0.1) is 11.3 Å². The highest BCUT2D eigenvalue weighted by Crippen LogP contribution is 2.45. The number of urea groups is 1. The Bertz CT molecular complexity index is 590. The first kappa shape index (κ1) is 20.1. The Kier molecular flexibility index (Phi) is 5.79. The molecule has 3 N–H and O–H groups in total. The molecule has 3 rings (SSSR count). The molecule has 3 aliphatic rings. The lowest BCUT2D eigenvalue weighted by Crippen LogP contribution is -2.52. The number of amides is 4. The molecule has 7 heteroatoms. The number of nitrogens with zero attached hydrogens (tertiary/aromatic N) is 1. The van der Waals surface area contributed by atoms with Crippen molar-refractivity contribution in [3.05, 3.63) is 0 Å². The molecule has 0 aromatic carbocycles. The minimum absolute atomic E-state index is 0.0766. The number of hydrogen-bond acceptors (Lipinski definition) is 4. The first-order chi connectivity index (χ1) is 12.8. The summed E-state index contributed by atoms with van der Waals surface area (Å²) in [6.45, 7) is 8.28. The molecule has 1 atom stereocenters. The fourth-order valence-corrected chi connectivity index (χ4v) is 4.73. The normalized spacial score (nSPS) is 31.9. The van der Waals surface area contributed by atoms with Gasteiger partial charge < -0.3 is 16.0 Å². The minimum Gasteiger partial charge on any atom is -0.351 e. The van der Waals surface area contributed by atoms with Crippen LogP contribution in [-0.2, 0) is 9.59 Å². The number of imide groups is 1. The van der Waals surface area contributed by atoms with Crippen molar-refractivity contribution in [3.8, 4) is 0 Å². The summed E-state index contributed by atoms with van der Waals surface area (Å²) in [5, 5.41) is 9.10. The van der Waals surface area contributed by atoms with Crippen molar-refractivity contribution in [1.29, 1.82) is 0 Å². The van der Waals surface area contributed by atoms with Crippen molar-refractivity contribution in [2.24, 2.45) is 11.3 Å². The summed E-state index contributed by atoms with van der Waals surface area (Å²) in [5.74, 6) is 0.0798. The van der Waals surface area contributed by atoms with Gasteiger partial charge in [-0.2, -0.15) is 0 Å². The molecular formula is C20H34N4O3. The SMILES string of the molecule is CCC(C)(C)C1CCC2(CC1)NC(=O)N(CC(=O)N[C@H]1CCCNC1)C2=O. The van der Waals surface area contributed by atoms with Gasteiger partial charge in [0.2, 0.25) is 5.91 Å². The van der Waals surface area contributed by atoms with Crippen molar-refractivity contribution < 1.29 is 14.4 Å². The lowest BCUT2D eigenvalue weighted by Gasteiger charge is -2.42. The maximum absolute atomic E-state index is 13.0. The number of rotatable bonds is 5. The lowest BCUT2D eigenvalue weighted by molar-refractivity contribution is -0.136. The summed E-state index contributed by atoms with van der Waals surface area (Å²) in [4.78, 5) is 38.9. The van der Waals surface area contributed by atoms with Crippen LogP contribution in [0.5, 0.6) is 0 Å². The van der Waals surface area contributed by atoms with Crippen molar-refractivity contribution in [2.75, 3.05) is 19.6 Å². The highest BCUT2D eigenvalue weighted by molar-refractivity contribution is 6.09. The maximum atomic E-state index is 13.0. The van der Waals surface area contributed by atoms with Crippen molar-refractivity contribution in [1.82, 2.24) is 20.9 Å². The second kappa shape index (κ2) is 7.78. The molecule has 1 spiro atoms. The molecule has 7 nitrogen and oxygen atoms in total. The number of piperidine rings is 1. The minimum atomic E-state index is -0.802. The Labute approximate surface area is 162 Å². The molecule has 1 aliphatic carbocycles. The zero-order chi connectivity index (χ0) is 19.7. The highest BCUT2D eigenvalue weighted by Gasteiger charge is 2.53. The van der Waals surface area contributed by atoms with E-state index in [-0.39, 0.29) is 29.8 Å². The lowest BCUT2D eigenvalue weighted by atomic mass is 9.65. The third-order valence-electron chi connectivity index (χ3n) is 7.07. The first-order valence-corrected chi connectivity index (χ1v) is 10.4. The van der Waals surface area contributed by atoms with Gasteiger partial charge in [-0.1, -0.05) is 27.2 Å². The van der Waals surface area contributed by atoms with Gasteiger partial charge >= 0.3 is 6.03 Å². The van der Waals surface area contributed by atoms with Gasteiger partial charge in [0, 0.05) is 12.6 Å². The molecule has 0 aromatic rings. The molecule has 2 heterocycles. The van der Waals surface area contributed by atoms with Crippen molar-refractivity contribution >= 4 is 17.8 Å².